The molecular formula is C11H12F2O2. The summed E-state index contributed by atoms with van der Waals surface area (Å²) in [6.45, 7) is 3.01. The van der Waals surface area contributed by atoms with E-state index < -0.39 is 23.0 Å². The zero-order chi connectivity index (χ0) is 11.6. The van der Waals surface area contributed by atoms with Gasteiger partial charge in [-0.25, -0.2) is 8.78 Å². The van der Waals surface area contributed by atoms with Gasteiger partial charge in [-0.2, -0.15) is 0 Å². The molecule has 0 aliphatic carbocycles. The lowest BCUT2D eigenvalue weighted by Gasteiger charge is -2.23. The van der Waals surface area contributed by atoms with Crippen molar-refractivity contribution in [3.05, 3.63) is 35.4 Å². The highest BCUT2D eigenvalue weighted by molar-refractivity contribution is 5.68. The summed E-state index contributed by atoms with van der Waals surface area (Å²) < 4.78 is 26.7. The van der Waals surface area contributed by atoms with Crippen molar-refractivity contribution in [2.45, 2.75) is 25.7 Å². The van der Waals surface area contributed by atoms with Gasteiger partial charge in [0.15, 0.2) is 0 Å². The Morgan fingerprint density at radius 3 is 2.20 bits per heavy atom. The fourth-order valence-electron chi connectivity index (χ4n) is 1.61. The van der Waals surface area contributed by atoms with Crippen LogP contribution >= 0.6 is 0 Å². The van der Waals surface area contributed by atoms with E-state index in [9.17, 15) is 13.6 Å². The molecule has 0 unspecified atom stereocenters. The average Bonchev–Trinajstić information content (AvgIpc) is 1.99. The van der Waals surface area contributed by atoms with Crippen LogP contribution in [0, 0.1) is 11.6 Å². The number of hydrogen-bond acceptors (Lipinski definition) is 1. The van der Waals surface area contributed by atoms with Crippen molar-refractivity contribution in [3.63, 3.8) is 0 Å². The highest BCUT2D eigenvalue weighted by atomic mass is 19.1. The van der Waals surface area contributed by atoms with Crippen LogP contribution in [0.25, 0.3) is 0 Å². The number of hydrogen-bond donors (Lipinski definition) is 1. The molecule has 2 nitrogen and oxygen atoms in total. The fraction of sp³-hybridized carbons (Fsp3) is 0.364. The van der Waals surface area contributed by atoms with Gasteiger partial charge >= 0.3 is 5.97 Å². The monoisotopic (exact) mass is 214 g/mol. The third-order valence-electron chi connectivity index (χ3n) is 2.23. The summed E-state index contributed by atoms with van der Waals surface area (Å²) in [6, 6.07) is 3.51. The lowest BCUT2D eigenvalue weighted by Crippen LogP contribution is -2.24. The lowest BCUT2D eigenvalue weighted by atomic mass is 9.81. The van der Waals surface area contributed by atoms with Gasteiger partial charge in [-0.05, 0) is 12.1 Å². The van der Waals surface area contributed by atoms with Crippen molar-refractivity contribution in [3.8, 4) is 0 Å². The third kappa shape index (κ3) is 2.52. The molecule has 0 amide bonds. The maximum Gasteiger partial charge on any atom is 0.304 e. The van der Waals surface area contributed by atoms with Gasteiger partial charge in [0, 0.05) is 11.0 Å². The molecule has 82 valence electrons. The first kappa shape index (κ1) is 11.6. The SMILES string of the molecule is CC(C)(CC(=O)O)c1c(F)cccc1F. The van der Waals surface area contributed by atoms with Crippen LogP contribution < -0.4 is 0 Å². The molecule has 0 saturated carbocycles. The Kier molecular flexibility index (Phi) is 3.07. The standard InChI is InChI=1S/C11H12F2O2/c1-11(2,6-9(14)15)10-7(12)4-3-5-8(10)13/h3-5H,6H2,1-2H3,(H,14,15). The maximum absolute atomic E-state index is 13.4. The molecular weight excluding hydrogens is 202 g/mol. The number of benzene rings is 1. The van der Waals surface area contributed by atoms with Crippen LogP contribution in [-0.4, -0.2) is 11.1 Å². The van der Waals surface area contributed by atoms with Crippen molar-refractivity contribution >= 4 is 5.97 Å². The molecule has 0 saturated heterocycles. The minimum Gasteiger partial charge on any atom is -0.481 e. The van der Waals surface area contributed by atoms with Gasteiger partial charge in [0.1, 0.15) is 11.6 Å². The van der Waals surface area contributed by atoms with Gasteiger partial charge in [-0.3, -0.25) is 4.79 Å². The molecule has 0 aliphatic rings. The molecule has 0 heterocycles. The molecule has 0 aromatic heterocycles. The van der Waals surface area contributed by atoms with Crippen LogP contribution in [0.15, 0.2) is 18.2 Å². The number of carbonyl (C=O) groups is 1. The van der Waals surface area contributed by atoms with Gasteiger partial charge in [0.2, 0.25) is 0 Å². The van der Waals surface area contributed by atoms with E-state index in [1.165, 1.54) is 19.9 Å². The highest BCUT2D eigenvalue weighted by Crippen LogP contribution is 2.31. The molecule has 1 aromatic rings. The molecule has 0 atom stereocenters. The van der Waals surface area contributed by atoms with Crippen molar-refractivity contribution < 1.29 is 18.7 Å². The predicted molar refractivity (Wildman–Crippen MR) is 51.6 cm³/mol. The second kappa shape index (κ2) is 3.96. The number of aliphatic carboxylic acids is 1. The van der Waals surface area contributed by atoms with Crippen molar-refractivity contribution in [2.75, 3.05) is 0 Å². The second-order valence-electron chi connectivity index (χ2n) is 4.05. The largest absolute Gasteiger partial charge is 0.481 e. The Bertz CT molecular complexity index is 366. The minimum absolute atomic E-state index is 0.174. The van der Waals surface area contributed by atoms with Gasteiger partial charge in [-0.1, -0.05) is 19.9 Å². The second-order valence-corrected chi connectivity index (χ2v) is 4.05. The van der Waals surface area contributed by atoms with Gasteiger partial charge in [0.05, 0.1) is 6.42 Å². The topological polar surface area (TPSA) is 37.3 Å². The van der Waals surface area contributed by atoms with Crippen LogP contribution in [0.5, 0.6) is 0 Å². The minimum atomic E-state index is -1.08. The van der Waals surface area contributed by atoms with E-state index >= 15 is 0 Å². The van der Waals surface area contributed by atoms with E-state index in [0.717, 1.165) is 12.1 Å². The first-order valence-corrected chi connectivity index (χ1v) is 4.51. The van der Waals surface area contributed by atoms with Crippen LogP contribution in [0.3, 0.4) is 0 Å². The van der Waals surface area contributed by atoms with Crippen LogP contribution in [-0.2, 0) is 10.2 Å². The molecule has 1 aromatic carbocycles. The van der Waals surface area contributed by atoms with E-state index in [1.807, 2.05) is 0 Å². The number of carboxylic acid groups (broad SMARTS) is 1. The van der Waals surface area contributed by atoms with Gasteiger partial charge in [0.25, 0.3) is 0 Å². The molecule has 0 bridgehead atoms. The molecule has 4 heteroatoms. The molecule has 1 rings (SSSR count). The number of carboxylic acids is 1. The fourth-order valence-corrected chi connectivity index (χ4v) is 1.61. The molecule has 1 N–H and O–H groups in total. The predicted octanol–water partition coefficient (Wildman–Crippen LogP) is 2.72. The van der Waals surface area contributed by atoms with E-state index in [-0.39, 0.29) is 12.0 Å². The van der Waals surface area contributed by atoms with E-state index in [0.29, 0.717) is 0 Å². The van der Waals surface area contributed by atoms with E-state index in [2.05, 4.69) is 0 Å². The Labute approximate surface area is 86.5 Å². The molecule has 0 spiro atoms. The van der Waals surface area contributed by atoms with Crippen LogP contribution in [0.4, 0.5) is 8.78 Å². The van der Waals surface area contributed by atoms with Crippen LogP contribution in [0.2, 0.25) is 0 Å². The quantitative estimate of drug-likeness (QED) is 0.839. The lowest BCUT2D eigenvalue weighted by molar-refractivity contribution is -0.138. The zero-order valence-corrected chi connectivity index (χ0v) is 8.55. The molecule has 0 radical (unpaired) electrons. The molecule has 15 heavy (non-hydrogen) atoms. The Hall–Kier alpha value is -1.45. The summed E-state index contributed by atoms with van der Waals surface area (Å²) in [6.07, 6.45) is -0.315. The van der Waals surface area contributed by atoms with Crippen molar-refractivity contribution in [2.24, 2.45) is 0 Å². The Morgan fingerprint density at radius 2 is 1.80 bits per heavy atom. The first-order chi connectivity index (χ1) is 6.84. The summed E-state index contributed by atoms with van der Waals surface area (Å²) >= 11 is 0. The summed E-state index contributed by atoms with van der Waals surface area (Å²) in [5.41, 5.74) is -1.23. The van der Waals surface area contributed by atoms with Gasteiger partial charge in [-0.15, -0.1) is 0 Å². The maximum atomic E-state index is 13.4. The first-order valence-electron chi connectivity index (χ1n) is 4.51. The normalized spacial score (nSPS) is 11.5. The number of rotatable bonds is 3. The summed E-state index contributed by atoms with van der Waals surface area (Å²) in [7, 11) is 0. The Morgan fingerprint density at radius 1 is 1.33 bits per heavy atom. The van der Waals surface area contributed by atoms with E-state index in [1.54, 1.807) is 0 Å². The average molecular weight is 214 g/mol. The summed E-state index contributed by atoms with van der Waals surface area (Å²) in [4.78, 5) is 10.6. The molecule has 0 fully saturated rings. The van der Waals surface area contributed by atoms with Crippen molar-refractivity contribution in [1.29, 1.82) is 0 Å². The molecule has 0 aliphatic heterocycles. The van der Waals surface area contributed by atoms with Crippen molar-refractivity contribution in [1.82, 2.24) is 0 Å². The summed E-state index contributed by atoms with van der Waals surface area (Å²) in [5.74, 6) is -2.50. The number of halogens is 2. The third-order valence-corrected chi connectivity index (χ3v) is 2.23. The van der Waals surface area contributed by atoms with E-state index in [4.69, 9.17) is 5.11 Å². The summed E-state index contributed by atoms with van der Waals surface area (Å²) in [5, 5.41) is 8.65. The highest BCUT2D eigenvalue weighted by Gasteiger charge is 2.30. The van der Waals surface area contributed by atoms with Gasteiger partial charge < -0.3 is 5.11 Å². The smallest absolute Gasteiger partial charge is 0.304 e. The zero-order valence-electron chi connectivity index (χ0n) is 8.55. The Balaban J connectivity index is 3.19. The van der Waals surface area contributed by atoms with Crippen LogP contribution in [0.1, 0.15) is 25.8 Å².